The van der Waals surface area contributed by atoms with Gasteiger partial charge in [0.1, 0.15) is 5.75 Å². The van der Waals surface area contributed by atoms with Gasteiger partial charge in [0.2, 0.25) is 0 Å². The Labute approximate surface area is 125 Å². The zero-order chi connectivity index (χ0) is 15.7. The first-order valence-corrected chi connectivity index (χ1v) is 6.58. The molecule has 0 amide bonds. The van der Waals surface area contributed by atoms with Gasteiger partial charge < -0.3 is 5.11 Å². The Hall–Kier alpha value is -3.21. The quantitative estimate of drug-likeness (QED) is 0.453. The molecule has 5 nitrogen and oxygen atoms in total. The van der Waals surface area contributed by atoms with E-state index in [4.69, 9.17) is 0 Å². The maximum atomic E-state index is 12.7. The third kappa shape index (κ3) is 2.29. The maximum absolute atomic E-state index is 12.7. The van der Waals surface area contributed by atoms with E-state index in [0.29, 0.717) is 5.56 Å². The van der Waals surface area contributed by atoms with E-state index in [1.54, 1.807) is 18.2 Å². The predicted octanol–water partition coefficient (Wildman–Crippen LogP) is 3.68. The van der Waals surface area contributed by atoms with Crippen molar-refractivity contribution >= 4 is 22.2 Å². The molecule has 0 atom stereocenters. The van der Waals surface area contributed by atoms with Crippen LogP contribution in [0.4, 0.5) is 5.69 Å². The Balaban J connectivity index is 2.18. The van der Waals surface area contributed by atoms with Gasteiger partial charge in [-0.2, -0.15) is 0 Å². The highest BCUT2D eigenvalue weighted by Gasteiger charge is 2.19. The fraction of sp³-hybridized carbons (Fsp3) is 0. The summed E-state index contributed by atoms with van der Waals surface area (Å²) in [4.78, 5) is 22.9. The molecule has 0 aliphatic rings. The Morgan fingerprint density at radius 3 is 2.45 bits per heavy atom. The summed E-state index contributed by atoms with van der Waals surface area (Å²) in [6, 6.07) is 16.0. The van der Waals surface area contributed by atoms with Crippen LogP contribution in [0, 0.1) is 10.1 Å². The molecular formula is C17H11NO4. The Kier molecular flexibility index (Phi) is 3.31. The van der Waals surface area contributed by atoms with Gasteiger partial charge in [-0.3, -0.25) is 14.9 Å². The summed E-state index contributed by atoms with van der Waals surface area (Å²) in [5, 5.41) is 22.3. The van der Waals surface area contributed by atoms with Crippen LogP contribution in [-0.4, -0.2) is 15.8 Å². The summed E-state index contributed by atoms with van der Waals surface area (Å²) in [5.74, 6) is -0.721. The van der Waals surface area contributed by atoms with E-state index in [-0.39, 0.29) is 17.0 Å². The molecule has 3 aromatic rings. The van der Waals surface area contributed by atoms with E-state index >= 15 is 0 Å². The number of aromatic hydroxyl groups is 1. The standard InChI is InChI=1S/C17H11NO4/c19-16-9-8-12(18(21)22)10-15(16)17(20)14-7-3-5-11-4-1-2-6-13(11)14/h1-10,19H. The van der Waals surface area contributed by atoms with Crippen LogP contribution in [0.2, 0.25) is 0 Å². The van der Waals surface area contributed by atoms with Gasteiger partial charge in [0, 0.05) is 17.7 Å². The molecule has 1 N–H and O–H groups in total. The Morgan fingerprint density at radius 2 is 1.68 bits per heavy atom. The summed E-state index contributed by atoms with van der Waals surface area (Å²) in [7, 11) is 0. The topological polar surface area (TPSA) is 80.4 Å². The van der Waals surface area contributed by atoms with Crippen molar-refractivity contribution in [1.82, 2.24) is 0 Å². The lowest BCUT2D eigenvalue weighted by Gasteiger charge is -2.07. The van der Waals surface area contributed by atoms with Gasteiger partial charge in [-0.15, -0.1) is 0 Å². The molecule has 0 fully saturated rings. The highest BCUT2D eigenvalue weighted by Crippen LogP contribution is 2.28. The van der Waals surface area contributed by atoms with Crippen LogP contribution in [0.15, 0.2) is 60.7 Å². The van der Waals surface area contributed by atoms with E-state index < -0.39 is 10.7 Å². The fourth-order valence-electron chi connectivity index (χ4n) is 2.39. The van der Waals surface area contributed by atoms with Gasteiger partial charge in [-0.25, -0.2) is 0 Å². The lowest BCUT2D eigenvalue weighted by Crippen LogP contribution is -2.03. The molecule has 0 aliphatic carbocycles. The minimum atomic E-state index is -0.598. The number of carbonyl (C=O) groups excluding carboxylic acids is 1. The first-order valence-electron chi connectivity index (χ1n) is 6.58. The van der Waals surface area contributed by atoms with Crippen LogP contribution >= 0.6 is 0 Å². The van der Waals surface area contributed by atoms with Crippen LogP contribution in [0.5, 0.6) is 5.75 Å². The van der Waals surface area contributed by atoms with Crippen molar-refractivity contribution in [1.29, 1.82) is 0 Å². The maximum Gasteiger partial charge on any atom is 0.270 e. The van der Waals surface area contributed by atoms with Gasteiger partial charge in [0.05, 0.1) is 10.5 Å². The predicted molar refractivity (Wildman–Crippen MR) is 82.1 cm³/mol. The van der Waals surface area contributed by atoms with Crippen LogP contribution in [0.1, 0.15) is 15.9 Å². The molecule has 22 heavy (non-hydrogen) atoms. The van der Waals surface area contributed by atoms with Crippen molar-refractivity contribution < 1.29 is 14.8 Å². The zero-order valence-electron chi connectivity index (χ0n) is 11.4. The van der Waals surface area contributed by atoms with Crippen LogP contribution in [0.25, 0.3) is 10.8 Å². The molecule has 0 saturated heterocycles. The number of ketones is 1. The average molecular weight is 293 g/mol. The molecule has 0 heterocycles. The molecule has 5 heteroatoms. The number of hydrogen-bond acceptors (Lipinski definition) is 4. The number of carbonyl (C=O) groups is 1. The summed E-state index contributed by atoms with van der Waals surface area (Å²) >= 11 is 0. The van der Waals surface area contributed by atoms with E-state index in [9.17, 15) is 20.0 Å². The normalized spacial score (nSPS) is 10.5. The number of nitro groups is 1. The molecule has 0 spiro atoms. The molecule has 3 aromatic carbocycles. The van der Waals surface area contributed by atoms with Gasteiger partial charge >= 0.3 is 0 Å². The number of benzene rings is 3. The molecule has 3 rings (SSSR count). The van der Waals surface area contributed by atoms with Crippen LogP contribution in [0.3, 0.4) is 0 Å². The van der Waals surface area contributed by atoms with Gasteiger partial charge in [-0.05, 0) is 16.8 Å². The third-order valence-electron chi connectivity index (χ3n) is 3.47. The number of rotatable bonds is 3. The molecule has 108 valence electrons. The SMILES string of the molecule is O=C(c1cc([N+](=O)[O-])ccc1O)c1cccc2ccccc12. The highest BCUT2D eigenvalue weighted by molar-refractivity contribution is 6.17. The van der Waals surface area contributed by atoms with E-state index in [1.165, 1.54) is 0 Å². The minimum Gasteiger partial charge on any atom is -0.507 e. The second-order valence-corrected chi connectivity index (χ2v) is 4.81. The summed E-state index contributed by atoms with van der Waals surface area (Å²) < 4.78 is 0. The number of phenols is 1. The van der Waals surface area contributed by atoms with Crippen molar-refractivity contribution in [3.63, 3.8) is 0 Å². The van der Waals surface area contributed by atoms with Crippen LogP contribution < -0.4 is 0 Å². The number of hydrogen-bond donors (Lipinski definition) is 1. The van der Waals surface area contributed by atoms with Crippen molar-refractivity contribution in [3.05, 3.63) is 81.9 Å². The van der Waals surface area contributed by atoms with Gasteiger partial charge in [0.25, 0.3) is 5.69 Å². The Bertz CT molecular complexity index is 897. The second-order valence-electron chi connectivity index (χ2n) is 4.81. The number of fused-ring (bicyclic) bond motifs is 1. The van der Waals surface area contributed by atoms with Crippen molar-refractivity contribution in [2.75, 3.05) is 0 Å². The Morgan fingerprint density at radius 1 is 0.955 bits per heavy atom. The lowest BCUT2D eigenvalue weighted by atomic mass is 9.96. The monoisotopic (exact) mass is 293 g/mol. The van der Waals surface area contributed by atoms with E-state index in [0.717, 1.165) is 29.0 Å². The molecule has 0 bridgehead atoms. The molecule has 0 radical (unpaired) electrons. The number of phenolic OH excluding ortho intramolecular Hbond substituents is 1. The fourth-order valence-corrected chi connectivity index (χ4v) is 2.39. The molecule has 0 unspecified atom stereocenters. The van der Waals surface area contributed by atoms with Gasteiger partial charge in [-0.1, -0.05) is 42.5 Å². The number of non-ortho nitro benzene ring substituents is 1. The average Bonchev–Trinajstić information content (AvgIpc) is 2.54. The molecule has 0 aliphatic heterocycles. The molecule has 0 saturated carbocycles. The van der Waals surface area contributed by atoms with E-state index in [2.05, 4.69) is 0 Å². The summed E-state index contributed by atoms with van der Waals surface area (Å²) in [6.07, 6.45) is 0. The number of nitro benzene ring substituents is 1. The van der Waals surface area contributed by atoms with Crippen molar-refractivity contribution in [3.8, 4) is 5.75 Å². The van der Waals surface area contributed by atoms with Gasteiger partial charge in [0.15, 0.2) is 5.78 Å². The largest absolute Gasteiger partial charge is 0.507 e. The summed E-state index contributed by atoms with van der Waals surface area (Å²) in [6.45, 7) is 0. The first kappa shape index (κ1) is 13.8. The van der Waals surface area contributed by atoms with Crippen LogP contribution in [-0.2, 0) is 0 Å². The van der Waals surface area contributed by atoms with Crippen molar-refractivity contribution in [2.24, 2.45) is 0 Å². The second kappa shape index (κ2) is 5.29. The third-order valence-corrected chi connectivity index (χ3v) is 3.47. The minimum absolute atomic E-state index is 0.0782. The molecular weight excluding hydrogens is 282 g/mol. The lowest BCUT2D eigenvalue weighted by molar-refractivity contribution is -0.384. The smallest absolute Gasteiger partial charge is 0.270 e. The summed E-state index contributed by atoms with van der Waals surface area (Å²) in [5.41, 5.74) is 0.0841. The zero-order valence-corrected chi connectivity index (χ0v) is 11.4. The highest BCUT2D eigenvalue weighted by atomic mass is 16.6. The van der Waals surface area contributed by atoms with Crippen molar-refractivity contribution in [2.45, 2.75) is 0 Å². The molecule has 0 aromatic heterocycles. The number of nitrogens with zero attached hydrogens (tertiary/aromatic N) is 1. The first-order chi connectivity index (χ1) is 10.6. The van der Waals surface area contributed by atoms with E-state index in [1.807, 2.05) is 24.3 Å².